The molecule has 160 valence electrons. The second kappa shape index (κ2) is 8.20. The van der Waals surface area contributed by atoms with E-state index < -0.39 is 0 Å². The molecule has 1 saturated heterocycles. The number of tetrazole rings is 1. The average molecular weight is 438 g/mol. The minimum atomic E-state index is -0.322. The van der Waals surface area contributed by atoms with Crippen molar-refractivity contribution in [2.75, 3.05) is 13.1 Å². The van der Waals surface area contributed by atoms with Gasteiger partial charge in [0.15, 0.2) is 5.82 Å². The molecule has 4 heterocycles. The topological polar surface area (TPSA) is 99.6 Å². The van der Waals surface area contributed by atoms with E-state index in [0.29, 0.717) is 22.5 Å². The molecule has 0 aliphatic carbocycles. The van der Waals surface area contributed by atoms with E-state index in [1.54, 1.807) is 4.57 Å². The molecule has 0 spiro atoms. The Kier molecular flexibility index (Phi) is 5.24. The summed E-state index contributed by atoms with van der Waals surface area (Å²) < 4.78 is 3.61. The Morgan fingerprint density at radius 1 is 1.16 bits per heavy atom. The van der Waals surface area contributed by atoms with Crippen molar-refractivity contribution in [3.8, 4) is 10.4 Å². The van der Waals surface area contributed by atoms with Gasteiger partial charge in [-0.2, -0.15) is 0 Å². The van der Waals surface area contributed by atoms with E-state index >= 15 is 0 Å². The van der Waals surface area contributed by atoms with E-state index in [4.69, 9.17) is 0 Å². The largest absolute Gasteiger partial charge is 0.333 e. The van der Waals surface area contributed by atoms with Gasteiger partial charge in [0.2, 0.25) is 0 Å². The van der Waals surface area contributed by atoms with Crippen molar-refractivity contribution in [2.45, 2.75) is 38.9 Å². The zero-order chi connectivity index (χ0) is 21.4. The Balaban J connectivity index is 1.72. The van der Waals surface area contributed by atoms with Crippen LogP contribution in [-0.4, -0.2) is 42.4 Å². The first-order chi connectivity index (χ1) is 15.2. The summed E-state index contributed by atoms with van der Waals surface area (Å²) in [5.41, 5.74) is 1.09. The van der Waals surface area contributed by atoms with Crippen LogP contribution in [-0.2, 0) is 13.1 Å². The molecule has 1 aliphatic rings. The second-order valence-electron chi connectivity index (χ2n) is 7.63. The highest BCUT2D eigenvalue weighted by atomic mass is 32.1. The van der Waals surface area contributed by atoms with Crippen LogP contribution in [0.5, 0.6) is 0 Å². The molecule has 31 heavy (non-hydrogen) atoms. The summed E-state index contributed by atoms with van der Waals surface area (Å²) in [4.78, 5) is 29.4. The lowest BCUT2D eigenvalue weighted by Crippen LogP contribution is -2.45. The smallest absolute Gasteiger partial charge is 0.317 e. The Hall–Kier alpha value is -3.11. The van der Waals surface area contributed by atoms with E-state index in [0.717, 1.165) is 36.4 Å². The number of thiophene rings is 1. The van der Waals surface area contributed by atoms with Crippen LogP contribution >= 0.6 is 11.3 Å². The van der Waals surface area contributed by atoms with Crippen LogP contribution in [0.2, 0.25) is 0 Å². The predicted octanol–water partition coefficient (Wildman–Crippen LogP) is 1.87. The molecule has 3 aromatic heterocycles. The first-order valence-electron chi connectivity index (χ1n) is 10.5. The Labute approximate surface area is 181 Å². The zero-order valence-corrected chi connectivity index (χ0v) is 18.0. The van der Waals surface area contributed by atoms with Crippen molar-refractivity contribution in [3.05, 3.63) is 63.1 Å². The first-order valence-corrected chi connectivity index (χ1v) is 11.3. The van der Waals surface area contributed by atoms with Crippen molar-refractivity contribution in [2.24, 2.45) is 0 Å². The highest BCUT2D eigenvalue weighted by Gasteiger charge is 2.24. The molecular weight excluding hydrogens is 414 g/mol. The van der Waals surface area contributed by atoms with Crippen LogP contribution in [0.1, 0.15) is 31.6 Å². The molecule has 0 radical (unpaired) electrons. The number of nitrogens with one attached hydrogen (secondary N) is 1. The van der Waals surface area contributed by atoms with Crippen molar-refractivity contribution in [1.82, 2.24) is 34.7 Å². The Morgan fingerprint density at radius 2 is 1.94 bits per heavy atom. The zero-order valence-electron chi connectivity index (χ0n) is 17.2. The minimum Gasteiger partial charge on any atom is -0.317 e. The third-order valence-corrected chi connectivity index (χ3v) is 6.83. The van der Waals surface area contributed by atoms with E-state index in [1.165, 1.54) is 20.7 Å². The molecule has 0 bridgehead atoms. The number of nitrogens with zero attached hydrogens (tertiary/aromatic N) is 6. The number of fused-ring (bicyclic) bond motifs is 1. The molecule has 0 amide bonds. The highest BCUT2D eigenvalue weighted by molar-refractivity contribution is 7.22. The van der Waals surface area contributed by atoms with Crippen LogP contribution in [0.25, 0.3) is 20.7 Å². The van der Waals surface area contributed by atoms with Crippen LogP contribution in [0.4, 0.5) is 0 Å². The van der Waals surface area contributed by atoms with E-state index in [1.807, 2.05) is 43.3 Å². The number of piperidine rings is 1. The summed E-state index contributed by atoms with van der Waals surface area (Å²) in [6, 6.07) is 11.7. The maximum atomic E-state index is 13.6. The quantitative estimate of drug-likeness (QED) is 0.512. The summed E-state index contributed by atoms with van der Waals surface area (Å²) in [6.45, 7) is 3.64. The van der Waals surface area contributed by atoms with Gasteiger partial charge in [0.05, 0.1) is 5.52 Å². The van der Waals surface area contributed by atoms with Gasteiger partial charge in [-0.1, -0.05) is 37.3 Å². The lowest BCUT2D eigenvalue weighted by atomic mass is 10.1. The fourth-order valence-corrected chi connectivity index (χ4v) is 5.14. The van der Waals surface area contributed by atoms with Gasteiger partial charge in [0.25, 0.3) is 5.56 Å². The normalized spacial score (nSPS) is 15.0. The summed E-state index contributed by atoms with van der Waals surface area (Å²) in [7, 11) is 0. The van der Waals surface area contributed by atoms with Crippen molar-refractivity contribution in [1.29, 1.82) is 0 Å². The monoisotopic (exact) mass is 437 g/mol. The van der Waals surface area contributed by atoms with E-state index in [-0.39, 0.29) is 24.0 Å². The molecule has 9 nitrogen and oxygen atoms in total. The van der Waals surface area contributed by atoms with Gasteiger partial charge < -0.3 is 5.32 Å². The number of rotatable bonds is 5. The maximum absolute atomic E-state index is 13.6. The van der Waals surface area contributed by atoms with Gasteiger partial charge in [-0.15, -0.1) is 26.3 Å². The number of aromatic nitrogens is 6. The molecule has 1 aliphatic heterocycles. The SMILES string of the molecule is CCc1nnn(Cn2c(=O)n(C3CCNCC3)c(=O)c3sc(-c4ccccc4)cc32)n1. The first kappa shape index (κ1) is 19.8. The molecule has 1 aromatic carbocycles. The number of aryl methyl sites for hydroxylation is 1. The lowest BCUT2D eigenvalue weighted by Gasteiger charge is -2.24. The van der Waals surface area contributed by atoms with Crippen molar-refractivity contribution >= 4 is 21.6 Å². The Morgan fingerprint density at radius 3 is 2.65 bits per heavy atom. The van der Waals surface area contributed by atoms with Crippen LogP contribution in [0.15, 0.2) is 46.0 Å². The fraction of sp³-hybridized carbons (Fsp3) is 0.381. The molecule has 4 aromatic rings. The number of benzene rings is 1. The molecule has 0 atom stereocenters. The third kappa shape index (κ3) is 3.61. The molecule has 0 unspecified atom stereocenters. The average Bonchev–Trinajstić information content (AvgIpc) is 3.45. The van der Waals surface area contributed by atoms with Gasteiger partial charge >= 0.3 is 5.69 Å². The minimum absolute atomic E-state index is 0.110. The van der Waals surface area contributed by atoms with Crippen molar-refractivity contribution < 1.29 is 0 Å². The van der Waals surface area contributed by atoms with Crippen LogP contribution < -0.4 is 16.6 Å². The molecule has 1 fully saturated rings. The lowest BCUT2D eigenvalue weighted by molar-refractivity contribution is 0.340. The number of hydrogen-bond acceptors (Lipinski definition) is 7. The van der Waals surface area contributed by atoms with Gasteiger partial charge in [0.1, 0.15) is 11.4 Å². The molecule has 5 rings (SSSR count). The molecule has 0 saturated carbocycles. The molecule has 1 N–H and O–H groups in total. The predicted molar refractivity (Wildman–Crippen MR) is 120 cm³/mol. The highest BCUT2D eigenvalue weighted by Crippen LogP contribution is 2.31. The molecular formula is C21H23N7O2S. The van der Waals surface area contributed by atoms with Crippen LogP contribution in [0, 0.1) is 0 Å². The summed E-state index contributed by atoms with van der Waals surface area (Å²) in [6.07, 6.45) is 2.16. The Bertz CT molecular complexity index is 1330. The van der Waals surface area contributed by atoms with E-state index in [2.05, 4.69) is 20.7 Å². The number of hydrogen-bond donors (Lipinski definition) is 1. The van der Waals surface area contributed by atoms with E-state index in [9.17, 15) is 9.59 Å². The fourth-order valence-electron chi connectivity index (χ4n) is 4.04. The van der Waals surface area contributed by atoms with Gasteiger partial charge in [-0.05, 0) is 42.8 Å². The maximum Gasteiger partial charge on any atom is 0.333 e. The van der Waals surface area contributed by atoms with Crippen molar-refractivity contribution in [3.63, 3.8) is 0 Å². The van der Waals surface area contributed by atoms with Crippen LogP contribution in [0.3, 0.4) is 0 Å². The second-order valence-corrected chi connectivity index (χ2v) is 8.68. The summed E-state index contributed by atoms with van der Waals surface area (Å²) in [5, 5.41) is 15.7. The van der Waals surface area contributed by atoms with Gasteiger partial charge in [0, 0.05) is 17.3 Å². The summed E-state index contributed by atoms with van der Waals surface area (Å²) in [5.74, 6) is 0.617. The van der Waals surface area contributed by atoms with Gasteiger partial charge in [-0.3, -0.25) is 13.9 Å². The third-order valence-electron chi connectivity index (χ3n) is 5.66. The molecule has 10 heteroatoms. The standard InChI is InChI=1S/C21H23N7O2S/c1-2-18-23-25-27(24-18)13-26-16-12-17(14-6-4-3-5-7-14)31-19(16)20(29)28(21(26)30)15-8-10-22-11-9-15/h3-7,12,15,22H,2,8-11,13H2,1H3. The summed E-state index contributed by atoms with van der Waals surface area (Å²) >= 11 is 1.42. The van der Waals surface area contributed by atoms with Gasteiger partial charge in [-0.25, -0.2) is 4.79 Å².